The summed E-state index contributed by atoms with van der Waals surface area (Å²) in [6, 6.07) is 6.27. The van der Waals surface area contributed by atoms with Crippen LogP contribution in [0.2, 0.25) is 0 Å². The molecule has 0 fully saturated rings. The standard InChI is InChI=1S/C15H19FN2O2/c1-11(2)10-18(9-5-8-17)15(19)14-12(16)6-4-7-13(14)20-3/h4,6-7,11H,5,9-10H2,1-3H3. The molecule has 0 radical (unpaired) electrons. The van der Waals surface area contributed by atoms with E-state index in [0.29, 0.717) is 6.54 Å². The van der Waals surface area contributed by atoms with Gasteiger partial charge >= 0.3 is 0 Å². The van der Waals surface area contributed by atoms with Gasteiger partial charge < -0.3 is 9.64 Å². The van der Waals surface area contributed by atoms with E-state index in [0.717, 1.165) is 0 Å². The Balaban J connectivity index is 3.08. The Kier molecular flexibility index (Phi) is 5.98. The highest BCUT2D eigenvalue weighted by Crippen LogP contribution is 2.23. The first-order valence-electron chi connectivity index (χ1n) is 6.50. The monoisotopic (exact) mass is 278 g/mol. The van der Waals surface area contributed by atoms with Crippen molar-refractivity contribution in [3.05, 3.63) is 29.6 Å². The number of benzene rings is 1. The van der Waals surface area contributed by atoms with E-state index in [1.807, 2.05) is 19.9 Å². The largest absolute Gasteiger partial charge is 0.496 e. The van der Waals surface area contributed by atoms with Crippen molar-refractivity contribution in [1.82, 2.24) is 4.90 Å². The lowest BCUT2D eigenvalue weighted by molar-refractivity contribution is 0.0731. The van der Waals surface area contributed by atoms with Crippen LogP contribution in [-0.4, -0.2) is 31.0 Å². The molecular formula is C15H19FN2O2. The number of hydrogen-bond donors (Lipinski definition) is 0. The zero-order valence-corrected chi connectivity index (χ0v) is 12.0. The molecule has 4 nitrogen and oxygen atoms in total. The van der Waals surface area contributed by atoms with Crippen molar-refractivity contribution in [3.8, 4) is 11.8 Å². The van der Waals surface area contributed by atoms with Gasteiger partial charge in [0.05, 0.1) is 19.6 Å². The molecule has 0 aliphatic heterocycles. The third kappa shape index (κ3) is 3.95. The lowest BCUT2D eigenvalue weighted by Gasteiger charge is -2.24. The van der Waals surface area contributed by atoms with Crippen LogP contribution in [0.4, 0.5) is 4.39 Å². The average molecular weight is 278 g/mol. The number of nitriles is 1. The summed E-state index contributed by atoms with van der Waals surface area (Å²) in [6.45, 7) is 4.68. The highest BCUT2D eigenvalue weighted by atomic mass is 19.1. The normalized spacial score (nSPS) is 10.2. The molecule has 0 saturated heterocycles. The van der Waals surface area contributed by atoms with Gasteiger partial charge in [-0.25, -0.2) is 4.39 Å². The van der Waals surface area contributed by atoms with Crippen LogP contribution in [0.5, 0.6) is 5.75 Å². The fourth-order valence-corrected chi connectivity index (χ4v) is 1.94. The van der Waals surface area contributed by atoms with E-state index < -0.39 is 11.7 Å². The topological polar surface area (TPSA) is 53.3 Å². The fourth-order valence-electron chi connectivity index (χ4n) is 1.94. The third-order valence-electron chi connectivity index (χ3n) is 2.78. The molecule has 0 heterocycles. The molecule has 1 amide bonds. The van der Waals surface area contributed by atoms with E-state index in [1.54, 1.807) is 6.07 Å². The van der Waals surface area contributed by atoms with Crippen LogP contribution < -0.4 is 4.74 Å². The molecule has 1 aromatic rings. The van der Waals surface area contributed by atoms with Crippen LogP contribution in [0, 0.1) is 23.1 Å². The molecule has 0 aromatic heterocycles. The average Bonchev–Trinajstić information content (AvgIpc) is 2.41. The summed E-state index contributed by atoms with van der Waals surface area (Å²) >= 11 is 0. The van der Waals surface area contributed by atoms with Crippen LogP contribution in [0.3, 0.4) is 0 Å². The number of rotatable bonds is 6. The zero-order chi connectivity index (χ0) is 15.1. The molecular weight excluding hydrogens is 259 g/mol. The molecule has 1 aromatic carbocycles. The number of ether oxygens (including phenoxy) is 1. The van der Waals surface area contributed by atoms with Crippen molar-refractivity contribution >= 4 is 5.91 Å². The number of amides is 1. The van der Waals surface area contributed by atoms with Crippen molar-refractivity contribution in [2.45, 2.75) is 20.3 Å². The number of halogens is 1. The Morgan fingerprint density at radius 3 is 2.75 bits per heavy atom. The van der Waals surface area contributed by atoms with Gasteiger partial charge in [-0.05, 0) is 18.1 Å². The summed E-state index contributed by atoms with van der Waals surface area (Å²) in [4.78, 5) is 14.0. The van der Waals surface area contributed by atoms with Gasteiger partial charge in [0.15, 0.2) is 0 Å². The molecule has 0 atom stereocenters. The van der Waals surface area contributed by atoms with Crippen molar-refractivity contribution in [3.63, 3.8) is 0 Å². The second kappa shape index (κ2) is 7.49. The lowest BCUT2D eigenvalue weighted by Crippen LogP contribution is -2.35. The van der Waals surface area contributed by atoms with Gasteiger partial charge in [-0.2, -0.15) is 5.26 Å². The van der Waals surface area contributed by atoms with Gasteiger partial charge in [-0.3, -0.25) is 4.79 Å². The summed E-state index contributed by atoms with van der Waals surface area (Å²) in [7, 11) is 1.40. The van der Waals surface area contributed by atoms with Crippen LogP contribution in [-0.2, 0) is 0 Å². The van der Waals surface area contributed by atoms with Crippen LogP contribution in [0.1, 0.15) is 30.6 Å². The maximum absolute atomic E-state index is 13.9. The molecule has 0 unspecified atom stereocenters. The minimum absolute atomic E-state index is 0.0754. The van der Waals surface area contributed by atoms with E-state index in [4.69, 9.17) is 10.00 Å². The summed E-state index contributed by atoms with van der Waals surface area (Å²) in [6.07, 6.45) is 0.217. The maximum Gasteiger partial charge on any atom is 0.260 e. The first-order chi connectivity index (χ1) is 9.51. The van der Waals surface area contributed by atoms with E-state index in [2.05, 4.69) is 0 Å². The summed E-state index contributed by atoms with van der Waals surface area (Å²) in [5.41, 5.74) is -0.0754. The first kappa shape index (κ1) is 16.0. The Bertz CT molecular complexity index is 509. The quantitative estimate of drug-likeness (QED) is 0.804. The Morgan fingerprint density at radius 2 is 2.20 bits per heavy atom. The third-order valence-corrected chi connectivity index (χ3v) is 2.78. The van der Waals surface area contributed by atoms with Crippen molar-refractivity contribution in [2.24, 2.45) is 5.92 Å². The van der Waals surface area contributed by atoms with E-state index >= 15 is 0 Å². The summed E-state index contributed by atoms with van der Waals surface area (Å²) in [5, 5.41) is 8.67. The summed E-state index contributed by atoms with van der Waals surface area (Å²) < 4.78 is 19.0. The van der Waals surface area contributed by atoms with Gasteiger partial charge in [0.1, 0.15) is 17.1 Å². The number of nitrogens with zero attached hydrogens (tertiary/aromatic N) is 2. The van der Waals surface area contributed by atoms with Crippen molar-refractivity contribution < 1.29 is 13.9 Å². The Labute approximate surface area is 118 Å². The predicted molar refractivity (Wildman–Crippen MR) is 73.9 cm³/mol. The number of hydrogen-bond acceptors (Lipinski definition) is 3. The molecule has 0 bridgehead atoms. The van der Waals surface area contributed by atoms with Gasteiger partial charge in [-0.15, -0.1) is 0 Å². The first-order valence-corrected chi connectivity index (χ1v) is 6.50. The van der Waals surface area contributed by atoms with E-state index in [-0.39, 0.29) is 30.2 Å². The fraction of sp³-hybridized carbons (Fsp3) is 0.467. The molecule has 1 rings (SSSR count). The molecule has 20 heavy (non-hydrogen) atoms. The zero-order valence-electron chi connectivity index (χ0n) is 12.0. The molecule has 5 heteroatoms. The Hall–Kier alpha value is -2.09. The molecule has 0 aliphatic carbocycles. The van der Waals surface area contributed by atoms with Crippen LogP contribution in [0.25, 0.3) is 0 Å². The minimum Gasteiger partial charge on any atom is -0.496 e. The lowest BCUT2D eigenvalue weighted by atomic mass is 10.1. The van der Waals surface area contributed by atoms with E-state index in [9.17, 15) is 9.18 Å². The number of methoxy groups -OCH3 is 1. The highest BCUT2D eigenvalue weighted by Gasteiger charge is 2.23. The predicted octanol–water partition coefficient (Wildman–Crippen LogP) is 2.85. The molecule has 0 spiro atoms. The van der Waals surface area contributed by atoms with Gasteiger partial charge in [0.2, 0.25) is 0 Å². The molecule has 0 saturated carbocycles. The van der Waals surface area contributed by atoms with Crippen LogP contribution >= 0.6 is 0 Å². The smallest absolute Gasteiger partial charge is 0.260 e. The maximum atomic E-state index is 13.9. The van der Waals surface area contributed by atoms with Gasteiger partial charge in [-0.1, -0.05) is 19.9 Å². The molecule has 0 aliphatic rings. The number of carbonyl (C=O) groups excluding carboxylic acids is 1. The van der Waals surface area contributed by atoms with Gasteiger partial charge in [0.25, 0.3) is 5.91 Å². The van der Waals surface area contributed by atoms with Crippen LogP contribution in [0.15, 0.2) is 18.2 Å². The SMILES string of the molecule is COc1cccc(F)c1C(=O)N(CCC#N)CC(C)C. The molecule has 108 valence electrons. The highest BCUT2D eigenvalue weighted by molar-refractivity contribution is 5.97. The van der Waals surface area contributed by atoms with Crippen molar-refractivity contribution in [2.75, 3.05) is 20.2 Å². The summed E-state index contributed by atoms with van der Waals surface area (Å²) in [5.74, 6) is -0.611. The van der Waals surface area contributed by atoms with E-state index in [1.165, 1.54) is 24.1 Å². The minimum atomic E-state index is -0.611. The second-order valence-electron chi connectivity index (χ2n) is 4.87. The van der Waals surface area contributed by atoms with Crippen molar-refractivity contribution in [1.29, 1.82) is 5.26 Å². The Morgan fingerprint density at radius 1 is 1.50 bits per heavy atom. The second-order valence-corrected chi connectivity index (χ2v) is 4.87. The number of carbonyl (C=O) groups is 1. The van der Waals surface area contributed by atoms with Gasteiger partial charge in [0, 0.05) is 13.1 Å². The molecule has 0 N–H and O–H groups in total.